The minimum absolute atomic E-state index is 0.0527. The number of aryl methyl sites for hydroxylation is 1. The molecule has 2 aromatic carbocycles. The van der Waals surface area contributed by atoms with E-state index in [1.807, 2.05) is 37.3 Å². The predicted molar refractivity (Wildman–Crippen MR) is 92.3 cm³/mol. The van der Waals surface area contributed by atoms with E-state index in [1.165, 1.54) is 31.4 Å². The van der Waals surface area contributed by atoms with Crippen LogP contribution in [-0.2, 0) is 21.2 Å². The number of rotatable bonds is 7. The third-order valence-corrected chi connectivity index (χ3v) is 5.22. The summed E-state index contributed by atoms with van der Waals surface area (Å²) < 4.78 is 32.2. The van der Waals surface area contributed by atoms with E-state index in [1.54, 1.807) is 0 Å². The van der Waals surface area contributed by atoms with Gasteiger partial charge in [-0.3, -0.25) is 0 Å². The number of hydrogen-bond acceptors (Lipinski definition) is 4. The first-order valence-electron chi connectivity index (χ1n) is 7.67. The smallest absolute Gasteiger partial charge is 0.337 e. The second-order valence-corrected chi connectivity index (χ2v) is 7.28. The predicted octanol–water partition coefficient (Wildman–Crippen LogP) is 2.77. The van der Waals surface area contributed by atoms with Crippen LogP contribution in [-0.4, -0.2) is 27.5 Å². The van der Waals surface area contributed by atoms with E-state index in [0.717, 1.165) is 12.0 Å². The van der Waals surface area contributed by atoms with Crippen LogP contribution in [0.2, 0.25) is 0 Å². The summed E-state index contributed by atoms with van der Waals surface area (Å²) >= 11 is 0. The minimum Gasteiger partial charge on any atom is -0.465 e. The average molecular weight is 347 g/mol. The molecule has 0 aliphatic carbocycles. The molecule has 1 unspecified atom stereocenters. The maximum absolute atomic E-state index is 12.5. The van der Waals surface area contributed by atoms with Crippen LogP contribution in [0.1, 0.15) is 29.3 Å². The van der Waals surface area contributed by atoms with Crippen molar-refractivity contribution in [1.82, 2.24) is 4.72 Å². The fourth-order valence-electron chi connectivity index (χ4n) is 2.33. The van der Waals surface area contributed by atoms with Gasteiger partial charge in [-0.05, 0) is 43.5 Å². The van der Waals surface area contributed by atoms with Gasteiger partial charge < -0.3 is 4.74 Å². The molecule has 6 heteroatoms. The van der Waals surface area contributed by atoms with Crippen molar-refractivity contribution in [3.63, 3.8) is 0 Å². The lowest BCUT2D eigenvalue weighted by atomic mass is 10.1. The monoisotopic (exact) mass is 347 g/mol. The van der Waals surface area contributed by atoms with Gasteiger partial charge in [0.05, 0.1) is 17.6 Å². The third kappa shape index (κ3) is 4.91. The maximum atomic E-state index is 12.5. The molecule has 0 fully saturated rings. The Hall–Kier alpha value is -2.18. The summed E-state index contributed by atoms with van der Waals surface area (Å²) in [6.07, 6.45) is 1.46. The number of hydrogen-bond donors (Lipinski definition) is 1. The Bertz CT molecular complexity index is 788. The lowest BCUT2D eigenvalue weighted by molar-refractivity contribution is 0.0600. The molecule has 24 heavy (non-hydrogen) atoms. The second kappa shape index (κ2) is 8.08. The average Bonchev–Trinajstić information content (AvgIpc) is 2.60. The summed E-state index contributed by atoms with van der Waals surface area (Å²) in [5.74, 6) is -0.566. The van der Waals surface area contributed by atoms with E-state index in [4.69, 9.17) is 0 Å². The fourth-order valence-corrected chi connectivity index (χ4v) is 3.65. The van der Waals surface area contributed by atoms with Crippen LogP contribution in [0, 0.1) is 0 Å². The normalized spacial score (nSPS) is 12.6. The van der Waals surface area contributed by atoms with E-state index in [2.05, 4.69) is 9.46 Å². The Labute approximate surface area is 142 Å². The first kappa shape index (κ1) is 18.2. The second-order valence-electron chi connectivity index (χ2n) is 5.57. The Morgan fingerprint density at radius 1 is 1.12 bits per heavy atom. The van der Waals surface area contributed by atoms with Gasteiger partial charge in [0.1, 0.15) is 0 Å². The molecule has 0 aliphatic heterocycles. The van der Waals surface area contributed by atoms with Crippen molar-refractivity contribution in [2.75, 3.05) is 7.11 Å². The van der Waals surface area contributed by atoms with Gasteiger partial charge >= 0.3 is 5.97 Å². The van der Waals surface area contributed by atoms with Gasteiger partial charge in [-0.2, -0.15) is 0 Å². The summed E-state index contributed by atoms with van der Waals surface area (Å²) in [6.45, 7) is 1.82. The largest absolute Gasteiger partial charge is 0.465 e. The highest BCUT2D eigenvalue weighted by Crippen LogP contribution is 2.14. The number of nitrogens with one attached hydrogen (secondary N) is 1. The van der Waals surface area contributed by atoms with Crippen LogP contribution in [0.15, 0.2) is 59.5 Å². The Morgan fingerprint density at radius 3 is 2.50 bits per heavy atom. The molecule has 0 bridgehead atoms. The highest BCUT2D eigenvalue weighted by atomic mass is 32.2. The van der Waals surface area contributed by atoms with Crippen molar-refractivity contribution < 1.29 is 17.9 Å². The van der Waals surface area contributed by atoms with Gasteiger partial charge in [0, 0.05) is 6.04 Å². The quantitative estimate of drug-likeness (QED) is 0.782. The zero-order valence-corrected chi connectivity index (χ0v) is 14.5. The van der Waals surface area contributed by atoms with Gasteiger partial charge in [0.25, 0.3) is 0 Å². The van der Waals surface area contributed by atoms with Crippen molar-refractivity contribution in [1.29, 1.82) is 0 Å². The zero-order chi connectivity index (χ0) is 17.6. The molecule has 0 aromatic heterocycles. The van der Waals surface area contributed by atoms with Crippen LogP contribution in [0.25, 0.3) is 0 Å². The molecular formula is C18H21NO4S. The molecule has 2 aromatic rings. The highest BCUT2D eigenvalue weighted by Gasteiger charge is 2.19. The summed E-state index contributed by atoms with van der Waals surface area (Å²) in [6, 6.07) is 15.5. The van der Waals surface area contributed by atoms with Crippen molar-refractivity contribution >= 4 is 16.0 Å². The van der Waals surface area contributed by atoms with Crippen LogP contribution in [0.5, 0.6) is 0 Å². The van der Waals surface area contributed by atoms with Gasteiger partial charge in [0.15, 0.2) is 0 Å². The van der Waals surface area contributed by atoms with Crippen LogP contribution in [0.3, 0.4) is 0 Å². The molecule has 0 aliphatic rings. The molecule has 0 spiro atoms. The van der Waals surface area contributed by atoms with E-state index in [9.17, 15) is 13.2 Å². The number of esters is 1. The summed E-state index contributed by atoms with van der Waals surface area (Å²) in [7, 11) is -2.43. The van der Waals surface area contributed by atoms with Gasteiger partial charge in [-0.25, -0.2) is 17.9 Å². The SMILES string of the molecule is COC(=O)c1cccc(S(=O)(=O)NC(C)CCc2ccccc2)c1. The highest BCUT2D eigenvalue weighted by molar-refractivity contribution is 7.89. The molecule has 2 rings (SSSR count). The van der Waals surface area contributed by atoms with E-state index < -0.39 is 16.0 Å². The number of sulfonamides is 1. The van der Waals surface area contributed by atoms with Gasteiger partial charge in [-0.1, -0.05) is 36.4 Å². The molecule has 0 amide bonds. The number of methoxy groups -OCH3 is 1. The topological polar surface area (TPSA) is 72.5 Å². The molecule has 1 N–H and O–H groups in total. The van der Waals surface area contributed by atoms with E-state index >= 15 is 0 Å². The summed E-state index contributed by atoms with van der Waals surface area (Å²) in [5.41, 5.74) is 1.37. The molecule has 0 saturated carbocycles. The first-order chi connectivity index (χ1) is 11.4. The van der Waals surface area contributed by atoms with E-state index in [0.29, 0.717) is 6.42 Å². The molecule has 128 valence electrons. The summed E-state index contributed by atoms with van der Waals surface area (Å²) in [5, 5.41) is 0. The Morgan fingerprint density at radius 2 is 1.83 bits per heavy atom. The van der Waals surface area contributed by atoms with E-state index in [-0.39, 0.29) is 16.5 Å². The lowest BCUT2D eigenvalue weighted by Gasteiger charge is -2.14. The standard InChI is InChI=1S/C18H21NO4S/c1-14(11-12-15-7-4-3-5-8-15)19-24(21,22)17-10-6-9-16(13-17)18(20)23-2/h3-10,13-14,19H,11-12H2,1-2H3. The van der Waals surface area contributed by atoms with Crippen molar-refractivity contribution in [3.8, 4) is 0 Å². The van der Waals surface area contributed by atoms with Gasteiger partial charge in [-0.15, -0.1) is 0 Å². The number of ether oxygens (including phenoxy) is 1. The molecule has 5 nitrogen and oxygen atoms in total. The number of carbonyl (C=O) groups excluding carboxylic acids is 1. The molecule has 0 heterocycles. The third-order valence-electron chi connectivity index (χ3n) is 3.63. The van der Waals surface area contributed by atoms with Crippen molar-refractivity contribution in [2.45, 2.75) is 30.7 Å². The maximum Gasteiger partial charge on any atom is 0.337 e. The lowest BCUT2D eigenvalue weighted by Crippen LogP contribution is -2.33. The molecule has 0 saturated heterocycles. The van der Waals surface area contributed by atoms with Gasteiger partial charge in [0.2, 0.25) is 10.0 Å². The first-order valence-corrected chi connectivity index (χ1v) is 9.15. The minimum atomic E-state index is -3.69. The van der Waals surface area contributed by atoms with Crippen LogP contribution < -0.4 is 4.72 Å². The number of benzene rings is 2. The van der Waals surface area contributed by atoms with Crippen molar-refractivity contribution in [3.05, 3.63) is 65.7 Å². The fraction of sp³-hybridized carbons (Fsp3) is 0.278. The van der Waals surface area contributed by atoms with Crippen molar-refractivity contribution in [2.24, 2.45) is 0 Å². The number of carbonyl (C=O) groups is 1. The molecule has 1 atom stereocenters. The zero-order valence-electron chi connectivity index (χ0n) is 13.7. The van der Waals surface area contributed by atoms with Crippen LogP contribution in [0.4, 0.5) is 0 Å². The Kier molecular flexibility index (Phi) is 6.11. The summed E-state index contributed by atoms with van der Waals surface area (Å²) in [4.78, 5) is 11.6. The Balaban J connectivity index is 2.03. The van der Waals surface area contributed by atoms with Crippen LogP contribution >= 0.6 is 0 Å². The molecular weight excluding hydrogens is 326 g/mol. The molecule has 0 radical (unpaired) electrons.